The summed E-state index contributed by atoms with van der Waals surface area (Å²) in [4.78, 5) is 18.2. The van der Waals surface area contributed by atoms with Crippen LogP contribution in [0.5, 0.6) is 0 Å². The van der Waals surface area contributed by atoms with Gasteiger partial charge in [-0.05, 0) is 25.0 Å². The van der Waals surface area contributed by atoms with Gasteiger partial charge in [-0.25, -0.2) is 9.59 Å². The lowest BCUT2D eigenvalue weighted by molar-refractivity contribution is -0.159. The second-order valence-corrected chi connectivity index (χ2v) is 7.31. The number of benzene rings is 1. The molecule has 0 bridgehead atoms. The van der Waals surface area contributed by atoms with Crippen LogP contribution in [-0.2, 0) is 9.59 Å². The molecule has 27 heavy (non-hydrogen) atoms. The first kappa shape index (κ1) is 21.2. The van der Waals surface area contributed by atoms with Crippen molar-refractivity contribution in [2.24, 2.45) is 5.73 Å². The number of hydrogen-bond donors (Lipinski definition) is 3. The first-order chi connectivity index (χ1) is 13.0. The number of nitrogens with two attached hydrogens (primary N) is 1. The maximum atomic E-state index is 9.10. The average molecular weight is 413 g/mol. The minimum absolute atomic E-state index is 0.478. The Morgan fingerprint density at radius 2 is 1.81 bits per heavy atom. The molecule has 4 N–H and O–H groups in total. The minimum atomic E-state index is -1.82. The number of rotatable bonds is 5. The number of aliphatic carboxylic acids is 2. The molecule has 0 spiro atoms. The molecule has 8 nitrogen and oxygen atoms in total. The second-order valence-electron chi connectivity index (χ2n) is 5.84. The highest BCUT2D eigenvalue weighted by Gasteiger charge is 2.25. The Labute approximate surface area is 165 Å². The Balaban J connectivity index is 0.000000380. The molecule has 2 aromatic rings. The van der Waals surface area contributed by atoms with Crippen LogP contribution in [0, 0.1) is 0 Å². The van der Waals surface area contributed by atoms with Crippen molar-refractivity contribution in [2.75, 3.05) is 12.3 Å². The van der Waals surface area contributed by atoms with Crippen molar-refractivity contribution in [1.82, 2.24) is 14.8 Å². The Hall–Kier alpha value is -2.10. The molecule has 1 heterocycles. The molecule has 0 saturated heterocycles. The van der Waals surface area contributed by atoms with E-state index >= 15 is 0 Å². The van der Waals surface area contributed by atoms with Gasteiger partial charge in [-0.3, -0.25) is 4.57 Å². The Kier molecular flexibility index (Phi) is 8.08. The van der Waals surface area contributed by atoms with E-state index < -0.39 is 11.9 Å². The van der Waals surface area contributed by atoms with E-state index in [1.54, 1.807) is 11.8 Å². The molecule has 0 unspecified atom stereocenters. The number of nitrogens with zero attached hydrogens (tertiary/aromatic N) is 3. The molecule has 10 heteroatoms. The quantitative estimate of drug-likeness (QED) is 0.504. The van der Waals surface area contributed by atoms with Crippen molar-refractivity contribution >= 4 is 35.3 Å². The van der Waals surface area contributed by atoms with Gasteiger partial charge in [-0.15, -0.1) is 10.2 Å². The first-order valence-electron chi connectivity index (χ1n) is 8.44. The summed E-state index contributed by atoms with van der Waals surface area (Å²) >= 11 is 8.02. The number of carbonyl (C=O) groups is 2. The Morgan fingerprint density at radius 3 is 2.37 bits per heavy atom. The second kappa shape index (κ2) is 10.3. The molecule has 1 aromatic carbocycles. The summed E-state index contributed by atoms with van der Waals surface area (Å²) < 4.78 is 2.27. The van der Waals surface area contributed by atoms with Crippen LogP contribution in [0.25, 0.3) is 11.4 Å². The van der Waals surface area contributed by atoms with Gasteiger partial charge in [-0.2, -0.15) is 0 Å². The average Bonchev–Trinajstić information content (AvgIpc) is 3.30. The van der Waals surface area contributed by atoms with Crippen LogP contribution in [0.15, 0.2) is 29.4 Å². The molecule has 0 aliphatic heterocycles. The van der Waals surface area contributed by atoms with Crippen LogP contribution in [0.2, 0.25) is 5.02 Å². The number of hydrogen-bond acceptors (Lipinski definition) is 6. The molecule has 1 aromatic heterocycles. The van der Waals surface area contributed by atoms with Gasteiger partial charge in [0.1, 0.15) is 0 Å². The van der Waals surface area contributed by atoms with Gasteiger partial charge in [-0.1, -0.05) is 48.3 Å². The van der Waals surface area contributed by atoms with Crippen LogP contribution in [0.3, 0.4) is 0 Å². The summed E-state index contributed by atoms with van der Waals surface area (Å²) in [6, 6.07) is 8.31. The lowest BCUT2D eigenvalue weighted by Crippen LogP contribution is -2.10. The SMILES string of the molecule is NCCSc1nnc(-c2ccccc2Cl)n1C1CCCC1.O=C(O)C(=O)O. The fourth-order valence-corrected chi connectivity index (χ4v) is 3.84. The van der Waals surface area contributed by atoms with Gasteiger partial charge in [0, 0.05) is 23.9 Å². The molecule has 1 aliphatic rings. The van der Waals surface area contributed by atoms with E-state index in [4.69, 9.17) is 37.1 Å². The van der Waals surface area contributed by atoms with E-state index in [1.165, 1.54) is 25.7 Å². The fraction of sp³-hybridized carbons (Fsp3) is 0.412. The standard InChI is InChI=1S/C15H19ClN4S.C2H2O4/c16-13-8-4-3-7-12(13)14-18-19-15(21-10-9-17)20(14)11-5-1-2-6-11;3-1(4)2(5)6/h3-4,7-8,11H,1-2,5-6,9-10,17H2;(H,3,4)(H,5,6). The minimum Gasteiger partial charge on any atom is -0.473 e. The first-order valence-corrected chi connectivity index (χ1v) is 9.81. The number of halogens is 1. The van der Waals surface area contributed by atoms with Crippen LogP contribution in [0.1, 0.15) is 31.7 Å². The predicted molar refractivity (Wildman–Crippen MR) is 103 cm³/mol. The summed E-state index contributed by atoms with van der Waals surface area (Å²) in [5, 5.41) is 25.3. The monoisotopic (exact) mass is 412 g/mol. The van der Waals surface area contributed by atoms with Crippen LogP contribution < -0.4 is 5.73 Å². The third kappa shape index (κ3) is 5.69. The lowest BCUT2D eigenvalue weighted by atomic mass is 10.2. The van der Waals surface area contributed by atoms with Crippen LogP contribution >= 0.6 is 23.4 Å². The summed E-state index contributed by atoms with van der Waals surface area (Å²) in [5.41, 5.74) is 6.58. The zero-order valence-corrected chi connectivity index (χ0v) is 16.1. The molecule has 146 valence electrons. The van der Waals surface area contributed by atoms with Gasteiger partial charge in [0.2, 0.25) is 0 Å². The number of carboxylic acid groups (broad SMARTS) is 2. The highest BCUT2D eigenvalue weighted by Crippen LogP contribution is 2.37. The topological polar surface area (TPSA) is 131 Å². The smallest absolute Gasteiger partial charge is 0.414 e. The van der Waals surface area contributed by atoms with Crippen molar-refractivity contribution in [3.8, 4) is 11.4 Å². The zero-order chi connectivity index (χ0) is 19.8. The van der Waals surface area contributed by atoms with Gasteiger partial charge >= 0.3 is 11.9 Å². The number of carboxylic acids is 2. The molecule has 0 radical (unpaired) electrons. The lowest BCUT2D eigenvalue weighted by Gasteiger charge is -2.17. The van der Waals surface area contributed by atoms with Gasteiger partial charge < -0.3 is 15.9 Å². The predicted octanol–water partition coefficient (Wildman–Crippen LogP) is 2.92. The maximum Gasteiger partial charge on any atom is 0.414 e. The van der Waals surface area contributed by atoms with E-state index in [-0.39, 0.29) is 0 Å². The largest absolute Gasteiger partial charge is 0.473 e. The molecule has 0 atom stereocenters. The van der Waals surface area contributed by atoms with Crippen molar-refractivity contribution in [3.05, 3.63) is 29.3 Å². The highest BCUT2D eigenvalue weighted by atomic mass is 35.5. The normalized spacial score (nSPS) is 13.9. The van der Waals surface area contributed by atoms with E-state index in [9.17, 15) is 0 Å². The Bertz CT molecular complexity index is 781. The number of thioether (sulfide) groups is 1. The Morgan fingerprint density at radius 1 is 1.19 bits per heavy atom. The van der Waals surface area contributed by atoms with Gasteiger partial charge in [0.05, 0.1) is 5.02 Å². The van der Waals surface area contributed by atoms with Gasteiger partial charge in [0.15, 0.2) is 11.0 Å². The van der Waals surface area contributed by atoms with E-state index in [0.29, 0.717) is 12.6 Å². The highest BCUT2D eigenvalue weighted by molar-refractivity contribution is 7.99. The maximum absolute atomic E-state index is 9.10. The summed E-state index contributed by atoms with van der Waals surface area (Å²) in [7, 11) is 0. The molecule has 1 fully saturated rings. The van der Waals surface area contributed by atoms with Crippen molar-refractivity contribution in [3.63, 3.8) is 0 Å². The number of aromatic nitrogens is 3. The van der Waals surface area contributed by atoms with Crippen molar-refractivity contribution in [2.45, 2.75) is 36.9 Å². The molecule has 0 amide bonds. The third-order valence-corrected chi connectivity index (χ3v) is 5.31. The molecular weight excluding hydrogens is 392 g/mol. The molecular formula is C17H21ClN4O4S. The van der Waals surface area contributed by atoms with Crippen LogP contribution in [0.4, 0.5) is 0 Å². The molecule has 1 aliphatic carbocycles. The summed E-state index contributed by atoms with van der Waals surface area (Å²) in [6.07, 6.45) is 4.91. The summed E-state index contributed by atoms with van der Waals surface area (Å²) in [6.45, 7) is 0.642. The van der Waals surface area contributed by atoms with Crippen molar-refractivity contribution in [1.29, 1.82) is 0 Å². The van der Waals surface area contributed by atoms with Crippen LogP contribution in [-0.4, -0.2) is 49.2 Å². The zero-order valence-electron chi connectivity index (χ0n) is 14.5. The molecule has 1 saturated carbocycles. The fourth-order valence-electron chi connectivity index (χ4n) is 2.84. The van der Waals surface area contributed by atoms with E-state index in [2.05, 4.69) is 14.8 Å². The third-order valence-electron chi connectivity index (χ3n) is 4.00. The molecule has 3 rings (SSSR count). The summed E-state index contributed by atoms with van der Waals surface area (Å²) in [5.74, 6) is -1.91. The van der Waals surface area contributed by atoms with E-state index in [0.717, 1.165) is 27.3 Å². The van der Waals surface area contributed by atoms with Crippen molar-refractivity contribution < 1.29 is 19.8 Å². The van der Waals surface area contributed by atoms with E-state index in [1.807, 2.05) is 24.3 Å². The van der Waals surface area contributed by atoms with Gasteiger partial charge in [0.25, 0.3) is 0 Å².